The monoisotopic (exact) mass is 662 g/mol. The minimum Gasteiger partial charge on any atom is -0.497 e. The summed E-state index contributed by atoms with van der Waals surface area (Å²) in [6.07, 6.45) is 1.81. The van der Waals surface area contributed by atoms with Gasteiger partial charge in [0.15, 0.2) is 16.7 Å². The normalized spacial score (nSPS) is 15.3. The van der Waals surface area contributed by atoms with Crippen LogP contribution in [0.2, 0.25) is 0 Å². The number of benzene rings is 3. The van der Waals surface area contributed by atoms with Crippen molar-refractivity contribution in [3.8, 4) is 17.2 Å². The highest BCUT2D eigenvalue weighted by atomic mass is 127. The molecule has 0 atom stereocenters. The van der Waals surface area contributed by atoms with Crippen molar-refractivity contribution in [2.75, 3.05) is 34.0 Å². The highest BCUT2D eigenvalue weighted by Crippen LogP contribution is 2.38. The molecule has 0 saturated carbocycles. The number of hydrogen-bond donors (Lipinski definition) is 0. The number of halogens is 2. The molecule has 1 heterocycles. The standard InChI is InChI=1S/C29H28FIN2O5S/c1-4-37-25-16-19(15-24(31)27(25)38-18-20-7-5-6-8-23(20)30)17-26-28(34)33(13-14-35-2)29(39-26)32-21-9-11-22(36-3)12-10-21/h5-12,15-17H,4,13-14,18H2,1-3H3/b26-17-,32-29?. The predicted octanol–water partition coefficient (Wildman–Crippen LogP) is 6.67. The molecule has 3 aromatic rings. The van der Waals surface area contributed by atoms with Crippen LogP contribution in [0, 0.1) is 9.39 Å². The van der Waals surface area contributed by atoms with Crippen molar-refractivity contribution in [1.29, 1.82) is 0 Å². The van der Waals surface area contributed by atoms with E-state index in [9.17, 15) is 9.18 Å². The Hall–Kier alpha value is -3.09. The van der Waals surface area contributed by atoms with E-state index in [1.807, 2.05) is 49.4 Å². The van der Waals surface area contributed by atoms with Gasteiger partial charge in [-0.2, -0.15) is 0 Å². The molecule has 39 heavy (non-hydrogen) atoms. The lowest BCUT2D eigenvalue weighted by Crippen LogP contribution is -2.32. The summed E-state index contributed by atoms with van der Waals surface area (Å²) in [4.78, 5) is 20.2. The maximum atomic E-state index is 14.1. The number of ether oxygens (including phenoxy) is 4. The molecule has 3 aromatic carbocycles. The van der Waals surface area contributed by atoms with E-state index < -0.39 is 0 Å². The first-order chi connectivity index (χ1) is 18.9. The van der Waals surface area contributed by atoms with Crippen LogP contribution < -0.4 is 14.2 Å². The van der Waals surface area contributed by atoms with Gasteiger partial charge in [0.2, 0.25) is 0 Å². The summed E-state index contributed by atoms with van der Waals surface area (Å²) in [5, 5.41) is 0.568. The van der Waals surface area contributed by atoms with E-state index in [2.05, 4.69) is 22.6 Å². The maximum absolute atomic E-state index is 14.1. The number of carbonyl (C=O) groups excluding carboxylic acids is 1. The summed E-state index contributed by atoms with van der Waals surface area (Å²) in [7, 11) is 3.20. The van der Waals surface area contributed by atoms with Crippen LogP contribution in [0.25, 0.3) is 6.08 Å². The molecule has 10 heteroatoms. The van der Waals surface area contributed by atoms with E-state index >= 15 is 0 Å². The summed E-state index contributed by atoms with van der Waals surface area (Å²) in [6, 6.07) is 17.5. The number of amides is 1. The molecule has 0 N–H and O–H groups in total. The molecule has 1 aliphatic heterocycles. The zero-order valence-electron chi connectivity index (χ0n) is 21.8. The lowest BCUT2D eigenvalue weighted by Gasteiger charge is -2.15. The van der Waals surface area contributed by atoms with Crippen molar-refractivity contribution in [1.82, 2.24) is 4.90 Å². The van der Waals surface area contributed by atoms with Gasteiger partial charge in [-0.3, -0.25) is 9.69 Å². The predicted molar refractivity (Wildman–Crippen MR) is 160 cm³/mol. The van der Waals surface area contributed by atoms with Crippen molar-refractivity contribution >= 4 is 57.2 Å². The Morgan fingerprint density at radius 1 is 1.08 bits per heavy atom. The molecule has 0 aromatic heterocycles. The fourth-order valence-electron chi connectivity index (χ4n) is 3.73. The van der Waals surface area contributed by atoms with Gasteiger partial charge in [0.25, 0.3) is 5.91 Å². The Balaban J connectivity index is 1.62. The lowest BCUT2D eigenvalue weighted by molar-refractivity contribution is -0.122. The van der Waals surface area contributed by atoms with Gasteiger partial charge in [0.1, 0.15) is 18.2 Å². The van der Waals surface area contributed by atoms with Gasteiger partial charge in [0, 0.05) is 12.7 Å². The van der Waals surface area contributed by atoms with Gasteiger partial charge in [-0.05, 0) is 95.4 Å². The zero-order valence-corrected chi connectivity index (χ0v) is 24.8. The Morgan fingerprint density at radius 3 is 2.54 bits per heavy atom. The van der Waals surface area contributed by atoms with Crippen LogP contribution in [0.5, 0.6) is 17.2 Å². The van der Waals surface area contributed by atoms with Crippen LogP contribution in [-0.4, -0.2) is 50.0 Å². The first-order valence-corrected chi connectivity index (χ1v) is 14.1. The summed E-state index contributed by atoms with van der Waals surface area (Å²) in [5.41, 5.74) is 1.93. The molecule has 0 spiro atoms. The van der Waals surface area contributed by atoms with Gasteiger partial charge in [-0.1, -0.05) is 18.2 Å². The SMILES string of the molecule is CCOc1cc(/C=C2\SC(=Nc3ccc(OC)cc3)N(CCOC)C2=O)cc(I)c1OCc1ccccc1F. The molecule has 0 unspecified atom stereocenters. The third-order valence-corrected chi connectivity index (χ3v) is 7.47. The maximum Gasteiger partial charge on any atom is 0.266 e. The minimum absolute atomic E-state index is 0.0666. The van der Waals surface area contributed by atoms with E-state index in [1.54, 1.807) is 37.3 Å². The molecule has 1 amide bonds. The molecular formula is C29H28FIN2O5S. The second kappa shape index (κ2) is 13.8. The highest BCUT2D eigenvalue weighted by molar-refractivity contribution is 14.1. The average molecular weight is 663 g/mol. The molecule has 0 radical (unpaired) electrons. The first-order valence-electron chi connectivity index (χ1n) is 12.2. The van der Waals surface area contributed by atoms with Crippen LogP contribution in [0.15, 0.2) is 70.6 Å². The number of amidine groups is 1. The van der Waals surface area contributed by atoms with Gasteiger partial charge in [-0.25, -0.2) is 9.38 Å². The summed E-state index contributed by atoms with van der Waals surface area (Å²) in [5.74, 6) is 1.29. The van der Waals surface area contributed by atoms with Crippen LogP contribution in [0.3, 0.4) is 0 Å². The molecule has 1 aliphatic rings. The molecule has 4 rings (SSSR count). The number of aliphatic imine (C=N–C) groups is 1. The quantitative estimate of drug-likeness (QED) is 0.169. The van der Waals surface area contributed by atoms with Gasteiger partial charge in [-0.15, -0.1) is 0 Å². The van der Waals surface area contributed by atoms with Crippen molar-refractivity contribution < 1.29 is 28.1 Å². The molecule has 204 valence electrons. The summed E-state index contributed by atoms with van der Waals surface area (Å²) < 4.78 is 37.2. The van der Waals surface area contributed by atoms with Crippen LogP contribution in [0.1, 0.15) is 18.1 Å². The highest BCUT2D eigenvalue weighted by Gasteiger charge is 2.33. The van der Waals surface area contributed by atoms with Crippen molar-refractivity contribution in [2.24, 2.45) is 4.99 Å². The lowest BCUT2D eigenvalue weighted by atomic mass is 10.1. The van der Waals surface area contributed by atoms with Crippen LogP contribution >= 0.6 is 34.4 Å². The van der Waals surface area contributed by atoms with Crippen molar-refractivity contribution in [2.45, 2.75) is 13.5 Å². The number of hydrogen-bond acceptors (Lipinski definition) is 7. The summed E-state index contributed by atoms with van der Waals surface area (Å²) >= 11 is 3.46. The van der Waals surface area contributed by atoms with E-state index in [0.29, 0.717) is 52.6 Å². The summed E-state index contributed by atoms with van der Waals surface area (Å²) in [6.45, 7) is 3.12. The third kappa shape index (κ3) is 7.31. The molecule has 1 saturated heterocycles. The van der Waals surface area contributed by atoms with Crippen molar-refractivity contribution in [3.05, 3.63) is 86.1 Å². The Labute approximate surface area is 245 Å². The molecule has 7 nitrogen and oxygen atoms in total. The van der Waals surface area contributed by atoms with Crippen LogP contribution in [0.4, 0.5) is 10.1 Å². The van der Waals surface area contributed by atoms with E-state index in [4.69, 9.17) is 23.9 Å². The second-order valence-corrected chi connectivity index (χ2v) is 10.5. The largest absolute Gasteiger partial charge is 0.497 e. The fourth-order valence-corrected chi connectivity index (χ4v) is 5.54. The van der Waals surface area contributed by atoms with Crippen molar-refractivity contribution in [3.63, 3.8) is 0 Å². The fraction of sp³-hybridized carbons (Fsp3) is 0.241. The Morgan fingerprint density at radius 2 is 1.85 bits per heavy atom. The second-order valence-electron chi connectivity index (χ2n) is 8.30. The van der Waals surface area contributed by atoms with E-state index in [-0.39, 0.29) is 18.3 Å². The topological polar surface area (TPSA) is 69.6 Å². The Kier molecular flexibility index (Phi) is 10.2. The smallest absolute Gasteiger partial charge is 0.266 e. The third-order valence-electron chi connectivity index (χ3n) is 5.66. The first kappa shape index (κ1) is 28.9. The molecule has 1 fully saturated rings. The zero-order chi connectivity index (χ0) is 27.8. The van der Waals surface area contributed by atoms with Gasteiger partial charge >= 0.3 is 0 Å². The molecular weight excluding hydrogens is 634 g/mol. The van der Waals surface area contributed by atoms with Gasteiger partial charge in [0.05, 0.1) is 41.0 Å². The number of carbonyl (C=O) groups is 1. The van der Waals surface area contributed by atoms with Gasteiger partial charge < -0.3 is 18.9 Å². The number of thioether (sulfide) groups is 1. The van der Waals surface area contributed by atoms with E-state index in [1.165, 1.54) is 17.8 Å². The Bertz CT molecular complexity index is 1380. The number of rotatable bonds is 11. The van der Waals surface area contributed by atoms with E-state index in [0.717, 1.165) is 14.9 Å². The molecule has 0 bridgehead atoms. The number of methoxy groups -OCH3 is 2. The average Bonchev–Trinajstić information content (AvgIpc) is 3.21. The number of nitrogens with zero attached hydrogens (tertiary/aromatic N) is 2. The van der Waals surface area contributed by atoms with Crippen LogP contribution in [-0.2, 0) is 16.1 Å². The minimum atomic E-state index is -0.325. The molecule has 0 aliphatic carbocycles.